The van der Waals surface area contributed by atoms with Crippen LogP contribution in [0.3, 0.4) is 0 Å². The molecular formula is C18H30ClN3O3S. The second kappa shape index (κ2) is 10.3. The van der Waals surface area contributed by atoms with Gasteiger partial charge in [-0.1, -0.05) is 24.6 Å². The Labute approximate surface area is 163 Å². The van der Waals surface area contributed by atoms with Crippen molar-refractivity contribution in [3.63, 3.8) is 0 Å². The van der Waals surface area contributed by atoms with Gasteiger partial charge in [-0.15, -0.1) is 12.4 Å². The van der Waals surface area contributed by atoms with E-state index in [1.54, 1.807) is 24.3 Å². The SMILES string of the molecule is CCN[C@H](C)CNC(=O)C1CCCN(S(=O)(=O)c2ccc(C)cc2)C1.Cl. The summed E-state index contributed by atoms with van der Waals surface area (Å²) < 4.78 is 27.0. The highest BCUT2D eigenvalue weighted by atomic mass is 35.5. The summed E-state index contributed by atoms with van der Waals surface area (Å²) in [5.74, 6) is -0.351. The molecule has 2 atom stereocenters. The van der Waals surface area contributed by atoms with Gasteiger partial charge in [-0.25, -0.2) is 8.42 Å². The lowest BCUT2D eigenvalue weighted by Gasteiger charge is -2.31. The smallest absolute Gasteiger partial charge is 0.243 e. The van der Waals surface area contributed by atoms with Crippen LogP contribution < -0.4 is 10.6 Å². The fourth-order valence-electron chi connectivity index (χ4n) is 3.05. The molecule has 1 aromatic rings. The first-order chi connectivity index (χ1) is 11.8. The maximum Gasteiger partial charge on any atom is 0.243 e. The maximum absolute atomic E-state index is 12.8. The minimum atomic E-state index is -3.54. The Kier molecular flexibility index (Phi) is 9.03. The predicted octanol–water partition coefficient (Wildman–Crippen LogP) is 1.93. The van der Waals surface area contributed by atoms with Crippen molar-refractivity contribution in [1.82, 2.24) is 14.9 Å². The number of rotatable bonds is 7. The number of likely N-dealkylation sites (N-methyl/N-ethyl adjacent to an activating group) is 1. The van der Waals surface area contributed by atoms with E-state index in [2.05, 4.69) is 10.6 Å². The lowest BCUT2D eigenvalue weighted by atomic mass is 9.99. The molecule has 148 valence electrons. The fourth-order valence-corrected chi connectivity index (χ4v) is 4.58. The van der Waals surface area contributed by atoms with Crippen LogP contribution in [0, 0.1) is 12.8 Å². The van der Waals surface area contributed by atoms with E-state index in [0.717, 1.165) is 18.5 Å². The van der Waals surface area contributed by atoms with Crippen LogP contribution in [0.25, 0.3) is 0 Å². The number of sulfonamides is 1. The Balaban J connectivity index is 0.00000338. The normalized spacial score (nSPS) is 19.4. The molecule has 0 saturated carbocycles. The molecule has 1 unspecified atom stereocenters. The van der Waals surface area contributed by atoms with Gasteiger partial charge in [0.25, 0.3) is 0 Å². The van der Waals surface area contributed by atoms with E-state index in [4.69, 9.17) is 0 Å². The molecule has 0 bridgehead atoms. The van der Waals surface area contributed by atoms with Gasteiger partial charge in [0.1, 0.15) is 0 Å². The summed E-state index contributed by atoms with van der Waals surface area (Å²) >= 11 is 0. The third kappa shape index (κ3) is 5.94. The van der Waals surface area contributed by atoms with Crippen LogP contribution in [0.5, 0.6) is 0 Å². The molecule has 2 N–H and O–H groups in total. The van der Waals surface area contributed by atoms with Crippen molar-refractivity contribution in [3.05, 3.63) is 29.8 Å². The van der Waals surface area contributed by atoms with Crippen LogP contribution in [0.4, 0.5) is 0 Å². The number of halogens is 1. The number of amides is 1. The Bertz CT molecular complexity index is 679. The molecule has 8 heteroatoms. The molecule has 1 saturated heterocycles. The molecular weight excluding hydrogens is 374 g/mol. The summed E-state index contributed by atoms with van der Waals surface area (Å²) in [6, 6.07) is 7.05. The average molecular weight is 404 g/mol. The van der Waals surface area contributed by atoms with Gasteiger partial charge in [0.05, 0.1) is 10.8 Å². The van der Waals surface area contributed by atoms with Gasteiger partial charge >= 0.3 is 0 Å². The number of piperidine rings is 1. The molecule has 2 rings (SSSR count). The predicted molar refractivity (Wildman–Crippen MR) is 106 cm³/mol. The van der Waals surface area contributed by atoms with Crippen LogP contribution in [0.2, 0.25) is 0 Å². The zero-order valence-corrected chi connectivity index (χ0v) is 17.3. The molecule has 0 spiro atoms. The van der Waals surface area contributed by atoms with Crippen LogP contribution in [0.1, 0.15) is 32.3 Å². The van der Waals surface area contributed by atoms with E-state index >= 15 is 0 Å². The van der Waals surface area contributed by atoms with Crippen molar-refractivity contribution in [2.45, 2.75) is 44.6 Å². The number of nitrogens with one attached hydrogen (secondary N) is 2. The molecule has 26 heavy (non-hydrogen) atoms. The number of nitrogens with zero attached hydrogens (tertiary/aromatic N) is 1. The van der Waals surface area contributed by atoms with Crippen LogP contribution in [-0.2, 0) is 14.8 Å². The Morgan fingerprint density at radius 1 is 1.31 bits per heavy atom. The Morgan fingerprint density at radius 3 is 2.58 bits per heavy atom. The zero-order chi connectivity index (χ0) is 18.4. The molecule has 1 heterocycles. The minimum absolute atomic E-state index is 0. The van der Waals surface area contributed by atoms with E-state index in [-0.39, 0.29) is 36.8 Å². The second-order valence-electron chi connectivity index (χ2n) is 6.72. The van der Waals surface area contributed by atoms with E-state index < -0.39 is 10.0 Å². The van der Waals surface area contributed by atoms with Crippen LogP contribution in [-0.4, -0.2) is 50.9 Å². The summed E-state index contributed by atoms with van der Waals surface area (Å²) in [7, 11) is -3.54. The average Bonchev–Trinajstić information content (AvgIpc) is 2.60. The third-order valence-electron chi connectivity index (χ3n) is 4.55. The molecule has 1 aliphatic heterocycles. The Morgan fingerprint density at radius 2 is 1.96 bits per heavy atom. The number of aryl methyl sites for hydroxylation is 1. The number of carbonyl (C=O) groups excluding carboxylic acids is 1. The molecule has 1 fully saturated rings. The molecule has 1 aliphatic rings. The first kappa shape index (κ1) is 22.9. The van der Waals surface area contributed by atoms with E-state index in [9.17, 15) is 13.2 Å². The monoisotopic (exact) mass is 403 g/mol. The number of hydrogen-bond donors (Lipinski definition) is 2. The quantitative estimate of drug-likeness (QED) is 0.729. The number of hydrogen-bond acceptors (Lipinski definition) is 4. The Hall–Kier alpha value is -1.15. The van der Waals surface area contributed by atoms with Gasteiger partial charge in [0.2, 0.25) is 15.9 Å². The van der Waals surface area contributed by atoms with Gasteiger partial charge in [-0.3, -0.25) is 4.79 Å². The van der Waals surface area contributed by atoms with Crippen LogP contribution >= 0.6 is 12.4 Å². The van der Waals surface area contributed by atoms with E-state index in [1.165, 1.54) is 4.31 Å². The molecule has 0 aromatic heterocycles. The van der Waals surface area contributed by atoms with E-state index in [1.807, 2.05) is 20.8 Å². The zero-order valence-electron chi connectivity index (χ0n) is 15.7. The largest absolute Gasteiger partial charge is 0.354 e. The summed E-state index contributed by atoms with van der Waals surface area (Å²) in [6.45, 7) is 8.07. The second-order valence-corrected chi connectivity index (χ2v) is 8.66. The first-order valence-corrected chi connectivity index (χ1v) is 10.4. The molecule has 6 nitrogen and oxygen atoms in total. The van der Waals surface area contributed by atoms with E-state index in [0.29, 0.717) is 24.4 Å². The summed E-state index contributed by atoms with van der Waals surface area (Å²) in [5, 5.41) is 6.18. The van der Waals surface area contributed by atoms with Crippen molar-refractivity contribution in [2.75, 3.05) is 26.2 Å². The topological polar surface area (TPSA) is 78.5 Å². The number of benzene rings is 1. The highest BCUT2D eigenvalue weighted by Crippen LogP contribution is 2.24. The van der Waals surface area contributed by atoms with Gasteiger partial charge in [-0.05, 0) is 45.4 Å². The standard InChI is InChI=1S/C18H29N3O3S.ClH/c1-4-19-15(3)12-20-18(22)16-6-5-11-21(13-16)25(23,24)17-9-7-14(2)8-10-17;/h7-10,15-16,19H,4-6,11-13H2,1-3H3,(H,20,22);1H/t15-,16?;/m1./s1. The van der Waals surface area contributed by atoms with Gasteiger partial charge in [0, 0.05) is 25.7 Å². The highest BCUT2D eigenvalue weighted by molar-refractivity contribution is 7.89. The summed E-state index contributed by atoms with van der Waals surface area (Å²) in [4.78, 5) is 12.7. The summed E-state index contributed by atoms with van der Waals surface area (Å²) in [5.41, 5.74) is 1.02. The molecule has 0 aliphatic carbocycles. The van der Waals surface area contributed by atoms with Gasteiger partial charge in [0.15, 0.2) is 0 Å². The summed E-state index contributed by atoms with van der Waals surface area (Å²) in [6.07, 6.45) is 1.42. The van der Waals surface area contributed by atoms with Crippen molar-refractivity contribution >= 4 is 28.3 Å². The molecule has 0 radical (unpaired) electrons. The van der Waals surface area contributed by atoms with Gasteiger partial charge in [-0.2, -0.15) is 4.31 Å². The van der Waals surface area contributed by atoms with Crippen molar-refractivity contribution < 1.29 is 13.2 Å². The third-order valence-corrected chi connectivity index (χ3v) is 6.43. The lowest BCUT2D eigenvalue weighted by Crippen LogP contribution is -2.47. The van der Waals surface area contributed by atoms with Crippen LogP contribution in [0.15, 0.2) is 29.2 Å². The van der Waals surface area contributed by atoms with Gasteiger partial charge < -0.3 is 10.6 Å². The highest BCUT2D eigenvalue weighted by Gasteiger charge is 2.33. The van der Waals surface area contributed by atoms with Crippen molar-refractivity contribution in [3.8, 4) is 0 Å². The maximum atomic E-state index is 12.8. The van der Waals surface area contributed by atoms with Crippen molar-refractivity contribution in [2.24, 2.45) is 5.92 Å². The first-order valence-electron chi connectivity index (χ1n) is 8.92. The molecule has 1 amide bonds. The number of carbonyl (C=O) groups is 1. The fraction of sp³-hybridized carbons (Fsp3) is 0.611. The molecule has 1 aromatic carbocycles. The van der Waals surface area contributed by atoms with Crippen molar-refractivity contribution in [1.29, 1.82) is 0 Å². The minimum Gasteiger partial charge on any atom is -0.354 e. The lowest BCUT2D eigenvalue weighted by molar-refractivity contribution is -0.126.